The SMILES string of the molecule is C=CC(=C)n1cnc2ccc(/C(N)=N/NN)cc21. The first-order chi connectivity index (χ1) is 8.67. The van der Waals surface area contributed by atoms with Crippen LogP contribution >= 0.6 is 0 Å². The Hall–Kier alpha value is -2.60. The van der Waals surface area contributed by atoms with Gasteiger partial charge in [0, 0.05) is 11.3 Å². The third-order valence-electron chi connectivity index (χ3n) is 2.57. The molecule has 0 unspecified atom stereocenters. The van der Waals surface area contributed by atoms with Crippen molar-refractivity contribution >= 4 is 22.6 Å². The minimum absolute atomic E-state index is 0.302. The van der Waals surface area contributed by atoms with Crippen LogP contribution in [0.3, 0.4) is 0 Å². The van der Waals surface area contributed by atoms with Crippen LogP contribution in [-0.2, 0) is 0 Å². The Bertz CT molecular complexity index is 637. The Balaban J connectivity index is 2.59. The number of hydrogen-bond acceptors (Lipinski definition) is 4. The molecule has 2 aromatic rings. The van der Waals surface area contributed by atoms with Gasteiger partial charge in [-0.25, -0.2) is 16.4 Å². The van der Waals surface area contributed by atoms with Crippen molar-refractivity contribution in [3.05, 3.63) is 49.3 Å². The lowest BCUT2D eigenvalue weighted by Crippen LogP contribution is -2.22. The maximum absolute atomic E-state index is 5.76. The molecule has 0 amide bonds. The summed E-state index contributed by atoms with van der Waals surface area (Å²) in [6, 6.07) is 5.55. The maximum Gasteiger partial charge on any atom is 0.152 e. The number of amidine groups is 1. The molecule has 0 aliphatic carbocycles. The van der Waals surface area contributed by atoms with Crippen LogP contribution in [-0.4, -0.2) is 15.4 Å². The zero-order valence-corrected chi connectivity index (χ0v) is 9.80. The maximum atomic E-state index is 5.76. The number of rotatable bonds is 4. The van der Waals surface area contributed by atoms with Gasteiger partial charge in [0.05, 0.1) is 11.0 Å². The van der Waals surface area contributed by atoms with Gasteiger partial charge in [-0.3, -0.25) is 4.57 Å². The molecule has 0 aliphatic rings. The summed E-state index contributed by atoms with van der Waals surface area (Å²) < 4.78 is 1.83. The first-order valence-electron chi connectivity index (χ1n) is 5.25. The largest absolute Gasteiger partial charge is 0.382 e. The van der Waals surface area contributed by atoms with E-state index >= 15 is 0 Å². The zero-order chi connectivity index (χ0) is 13.1. The van der Waals surface area contributed by atoms with E-state index in [9.17, 15) is 0 Å². The molecule has 6 heteroatoms. The highest BCUT2D eigenvalue weighted by atomic mass is 15.5. The molecule has 2 rings (SSSR count). The van der Waals surface area contributed by atoms with Gasteiger partial charge in [-0.05, 0) is 24.3 Å². The molecule has 18 heavy (non-hydrogen) atoms. The standard InChI is InChI=1S/C12H14N6/c1-3-8(2)18-7-15-10-5-4-9(6-11(10)18)12(13)16-17-14/h3-7,17H,1-2,14H2,(H2,13,16). The molecule has 0 radical (unpaired) electrons. The number of aromatic nitrogens is 2. The van der Waals surface area contributed by atoms with Crippen molar-refractivity contribution < 1.29 is 0 Å². The Morgan fingerprint density at radius 1 is 1.50 bits per heavy atom. The van der Waals surface area contributed by atoms with Crippen LogP contribution in [0.5, 0.6) is 0 Å². The highest BCUT2D eigenvalue weighted by Crippen LogP contribution is 2.18. The molecule has 0 atom stereocenters. The van der Waals surface area contributed by atoms with Crippen molar-refractivity contribution in [2.45, 2.75) is 0 Å². The molecule has 0 saturated heterocycles. The topological polar surface area (TPSA) is 94.2 Å². The van der Waals surface area contributed by atoms with Gasteiger partial charge < -0.3 is 5.73 Å². The normalized spacial score (nSPS) is 11.5. The second kappa shape index (κ2) is 4.72. The fraction of sp³-hybridized carbons (Fsp3) is 0. The molecule has 0 saturated carbocycles. The summed E-state index contributed by atoms with van der Waals surface area (Å²) in [5.74, 6) is 5.40. The summed E-state index contributed by atoms with van der Waals surface area (Å²) >= 11 is 0. The first-order valence-corrected chi connectivity index (χ1v) is 5.25. The van der Waals surface area contributed by atoms with Crippen LogP contribution in [0, 0.1) is 0 Å². The summed E-state index contributed by atoms with van der Waals surface area (Å²) in [6.45, 7) is 7.57. The average molecular weight is 242 g/mol. The smallest absolute Gasteiger partial charge is 0.152 e. The lowest BCUT2D eigenvalue weighted by atomic mass is 10.2. The highest BCUT2D eigenvalue weighted by Gasteiger charge is 2.06. The second-order valence-corrected chi connectivity index (χ2v) is 3.64. The van der Waals surface area contributed by atoms with E-state index in [0.717, 1.165) is 22.3 Å². The Kier molecular flexibility index (Phi) is 3.11. The molecule has 0 fully saturated rings. The van der Waals surface area contributed by atoms with E-state index in [2.05, 4.69) is 28.8 Å². The van der Waals surface area contributed by atoms with Crippen LogP contribution in [0.15, 0.2) is 48.9 Å². The number of hydrazine groups is 1. The predicted octanol–water partition coefficient (Wildman–Crippen LogP) is 0.777. The van der Waals surface area contributed by atoms with E-state index < -0.39 is 0 Å². The van der Waals surface area contributed by atoms with Crippen molar-refractivity contribution in [2.24, 2.45) is 16.7 Å². The van der Waals surface area contributed by atoms with E-state index in [1.165, 1.54) is 0 Å². The fourth-order valence-corrected chi connectivity index (χ4v) is 1.63. The van der Waals surface area contributed by atoms with E-state index in [0.29, 0.717) is 5.84 Å². The highest BCUT2D eigenvalue weighted by molar-refractivity contribution is 6.00. The minimum atomic E-state index is 0.302. The number of fused-ring (bicyclic) bond motifs is 1. The van der Waals surface area contributed by atoms with Gasteiger partial charge in [-0.2, -0.15) is 0 Å². The Morgan fingerprint density at radius 2 is 2.28 bits per heavy atom. The van der Waals surface area contributed by atoms with Crippen molar-refractivity contribution in [2.75, 3.05) is 0 Å². The van der Waals surface area contributed by atoms with Gasteiger partial charge in [-0.1, -0.05) is 13.2 Å². The third kappa shape index (κ3) is 1.96. The molecule has 6 nitrogen and oxygen atoms in total. The van der Waals surface area contributed by atoms with E-state index in [1.807, 2.05) is 22.8 Å². The number of hydrazone groups is 1. The van der Waals surface area contributed by atoms with Crippen LogP contribution in [0.2, 0.25) is 0 Å². The molecule has 0 bridgehead atoms. The molecular formula is C12H14N6. The summed E-state index contributed by atoms with van der Waals surface area (Å²) in [5.41, 5.74) is 11.1. The van der Waals surface area contributed by atoms with E-state index in [4.69, 9.17) is 11.6 Å². The van der Waals surface area contributed by atoms with Crippen molar-refractivity contribution in [1.82, 2.24) is 15.1 Å². The number of nitrogens with two attached hydrogens (primary N) is 2. The number of nitrogens with zero attached hydrogens (tertiary/aromatic N) is 3. The Morgan fingerprint density at radius 3 is 2.94 bits per heavy atom. The number of benzene rings is 1. The van der Waals surface area contributed by atoms with Crippen LogP contribution in [0.1, 0.15) is 5.56 Å². The number of allylic oxidation sites excluding steroid dienone is 2. The van der Waals surface area contributed by atoms with Crippen molar-refractivity contribution in [3.63, 3.8) is 0 Å². The number of hydrogen-bond donors (Lipinski definition) is 3. The van der Waals surface area contributed by atoms with Gasteiger partial charge in [0.15, 0.2) is 5.84 Å². The molecule has 1 heterocycles. The molecular weight excluding hydrogens is 228 g/mol. The predicted molar refractivity (Wildman–Crippen MR) is 73.3 cm³/mol. The zero-order valence-electron chi connectivity index (χ0n) is 9.80. The molecule has 1 aromatic heterocycles. The summed E-state index contributed by atoms with van der Waals surface area (Å²) in [4.78, 5) is 4.27. The van der Waals surface area contributed by atoms with Gasteiger partial charge in [0.1, 0.15) is 6.33 Å². The minimum Gasteiger partial charge on any atom is -0.382 e. The number of nitrogens with one attached hydrogen (secondary N) is 1. The summed E-state index contributed by atoms with van der Waals surface area (Å²) in [5, 5.41) is 3.73. The molecule has 1 aromatic carbocycles. The van der Waals surface area contributed by atoms with Crippen LogP contribution in [0.4, 0.5) is 0 Å². The third-order valence-corrected chi connectivity index (χ3v) is 2.57. The van der Waals surface area contributed by atoms with Crippen LogP contribution < -0.4 is 17.1 Å². The molecule has 0 spiro atoms. The van der Waals surface area contributed by atoms with Gasteiger partial charge in [-0.15, -0.1) is 5.10 Å². The quantitative estimate of drug-likeness (QED) is 0.243. The monoisotopic (exact) mass is 242 g/mol. The summed E-state index contributed by atoms with van der Waals surface area (Å²) in [6.07, 6.45) is 3.35. The lowest BCUT2D eigenvalue weighted by Gasteiger charge is -2.05. The van der Waals surface area contributed by atoms with Gasteiger partial charge >= 0.3 is 0 Å². The molecule has 0 aliphatic heterocycles. The number of imidazole rings is 1. The Labute approximate surface area is 104 Å². The average Bonchev–Trinajstić information content (AvgIpc) is 2.81. The molecule has 5 N–H and O–H groups in total. The van der Waals surface area contributed by atoms with E-state index in [-0.39, 0.29) is 0 Å². The van der Waals surface area contributed by atoms with Gasteiger partial charge in [0.2, 0.25) is 0 Å². The van der Waals surface area contributed by atoms with Crippen molar-refractivity contribution in [3.8, 4) is 0 Å². The van der Waals surface area contributed by atoms with Crippen molar-refractivity contribution in [1.29, 1.82) is 0 Å². The fourth-order valence-electron chi connectivity index (χ4n) is 1.63. The molecule has 92 valence electrons. The lowest BCUT2D eigenvalue weighted by molar-refractivity contribution is 0.804. The summed E-state index contributed by atoms with van der Waals surface area (Å²) in [7, 11) is 0. The first kappa shape index (κ1) is 11.9. The van der Waals surface area contributed by atoms with E-state index in [1.54, 1.807) is 12.4 Å². The van der Waals surface area contributed by atoms with Crippen LogP contribution in [0.25, 0.3) is 16.7 Å². The second-order valence-electron chi connectivity index (χ2n) is 3.64. The van der Waals surface area contributed by atoms with Gasteiger partial charge in [0.25, 0.3) is 0 Å².